The minimum atomic E-state index is 0.559. The summed E-state index contributed by atoms with van der Waals surface area (Å²) in [7, 11) is 2.17. The lowest BCUT2D eigenvalue weighted by Crippen LogP contribution is -2.46. The van der Waals surface area contributed by atoms with E-state index in [-0.39, 0.29) is 0 Å². The van der Waals surface area contributed by atoms with Crippen LogP contribution in [0.1, 0.15) is 25.1 Å². The molecule has 1 aliphatic rings. The van der Waals surface area contributed by atoms with Crippen LogP contribution in [0.5, 0.6) is 0 Å². The van der Waals surface area contributed by atoms with E-state index in [4.69, 9.17) is 4.52 Å². The summed E-state index contributed by atoms with van der Waals surface area (Å²) in [6.07, 6.45) is 1.19. The van der Waals surface area contributed by atoms with Crippen molar-refractivity contribution in [1.29, 1.82) is 0 Å². The molecule has 0 spiro atoms. The molecule has 90 valence electrons. The molecule has 2 unspecified atom stereocenters. The lowest BCUT2D eigenvalue weighted by atomic mass is 9.94. The average Bonchev–Trinajstić information content (AvgIpc) is 2.63. The summed E-state index contributed by atoms with van der Waals surface area (Å²) in [4.78, 5) is 6.56. The molecule has 16 heavy (non-hydrogen) atoms. The molecule has 0 bridgehead atoms. The van der Waals surface area contributed by atoms with Gasteiger partial charge in [-0.3, -0.25) is 0 Å². The van der Waals surface area contributed by atoms with Crippen LogP contribution < -0.4 is 5.32 Å². The Morgan fingerprint density at radius 3 is 3.00 bits per heavy atom. The van der Waals surface area contributed by atoms with Crippen LogP contribution in [0.25, 0.3) is 0 Å². The molecule has 2 atom stereocenters. The van der Waals surface area contributed by atoms with Gasteiger partial charge in [-0.15, -0.1) is 0 Å². The standard InChI is InChI=1S/C11H20N4O/c1-8-7-15(3)5-4-10(8)12-6-11-13-9(2)14-16-11/h8,10,12H,4-7H2,1-3H3. The number of rotatable bonds is 3. The molecule has 0 radical (unpaired) electrons. The average molecular weight is 224 g/mol. The van der Waals surface area contributed by atoms with Crippen molar-refractivity contribution in [3.8, 4) is 0 Å². The predicted molar refractivity (Wildman–Crippen MR) is 60.9 cm³/mol. The Labute approximate surface area is 96.2 Å². The molecular formula is C11H20N4O. The molecule has 2 heterocycles. The molecule has 0 amide bonds. The minimum absolute atomic E-state index is 0.559. The minimum Gasteiger partial charge on any atom is -0.338 e. The summed E-state index contributed by atoms with van der Waals surface area (Å²) in [5.74, 6) is 2.06. The zero-order valence-electron chi connectivity index (χ0n) is 10.2. The lowest BCUT2D eigenvalue weighted by molar-refractivity contribution is 0.171. The van der Waals surface area contributed by atoms with Crippen LogP contribution in [-0.2, 0) is 6.54 Å². The van der Waals surface area contributed by atoms with E-state index in [1.165, 1.54) is 6.42 Å². The van der Waals surface area contributed by atoms with Crippen molar-refractivity contribution >= 4 is 0 Å². The van der Waals surface area contributed by atoms with Gasteiger partial charge in [0.1, 0.15) is 0 Å². The van der Waals surface area contributed by atoms with E-state index in [2.05, 4.69) is 34.3 Å². The van der Waals surface area contributed by atoms with Crippen LogP contribution in [0.4, 0.5) is 0 Å². The number of aryl methyl sites for hydroxylation is 1. The first-order chi connectivity index (χ1) is 7.65. The second-order valence-corrected chi connectivity index (χ2v) is 4.75. The predicted octanol–water partition coefficient (Wildman–Crippen LogP) is 0.808. The number of nitrogens with zero attached hydrogens (tertiary/aromatic N) is 3. The van der Waals surface area contributed by atoms with Gasteiger partial charge in [-0.25, -0.2) is 0 Å². The third kappa shape index (κ3) is 2.80. The molecule has 5 nitrogen and oxygen atoms in total. The second-order valence-electron chi connectivity index (χ2n) is 4.75. The number of aromatic nitrogens is 2. The zero-order valence-corrected chi connectivity index (χ0v) is 10.2. The van der Waals surface area contributed by atoms with Crippen molar-refractivity contribution < 1.29 is 4.52 Å². The molecule has 2 rings (SSSR count). The highest BCUT2D eigenvalue weighted by Gasteiger charge is 2.23. The van der Waals surface area contributed by atoms with E-state index in [0.29, 0.717) is 30.2 Å². The Bertz CT molecular complexity index is 338. The Morgan fingerprint density at radius 2 is 2.38 bits per heavy atom. The third-order valence-corrected chi connectivity index (χ3v) is 3.19. The third-order valence-electron chi connectivity index (χ3n) is 3.19. The van der Waals surface area contributed by atoms with E-state index in [9.17, 15) is 0 Å². The summed E-state index contributed by atoms with van der Waals surface area (Å²) in [6, 6.07) is 0.559. The molecule has 1 aliphatic heterocycles. The Morgan fingerprint density at radius 1 is 1.56 bits per heavy atom. The molecule has 0 aliphatic carbocycles. The number of hydrogen-bond acceptors (Lipinski definition) is 5. The fourth-order valence-corrected chi connectivity index (χ4v) is 2.29. The van der Waals surface area contributed by atoms with Gasteiger partial charge < -0.3 is 14.7 Å². The fourth-order valence-electron chi connectivity index (χ4n) is 2.29. The quantitative estimate of drug-likeness (QED) is 0.823. The molecule has 0 saturated carbocycles. The van der Waals surface area contributed by atoms with Gasteiger partial charge in [0.2, 0.25) is 5.89 Å². The van der Waals surface area contributed by atoms with Gasteiger partial charge in [-0.1, -0.05) is 12.1 Å². The van der Waals surface area contributed by atoms with Gasteiger partial charge in [0.15, 0.2) is 5.82 Å². The Hall–Kier alpha value is -0.940. The molecule has 5 heteroatoms. The Kier molecular flexibility index (Phi) is 3.56. The van der Waals surface area contributed by atoms with Gasteiger partial charge in [0.25, 0.3) is 0 Å². The summed E-state index contributed by atoms with van der Waals surface area (Å²) >= 11 is 0. The number of piperidine rings is 1. The Balaban J connectivity index is 1.81. The van der Waals surface area contributed by atoms with Gasteiger partial charge in [-0.05, 0) is 32.9 Å². The van der Waals surface area contributed by atoms with Crippen molar-refractivity contribution in [1.82, 2.24) is 20.4 Å². The van der Waals surface area contributed by atoms with Crippen LogP contribution in [0.15, 0.2) is 4.52 Å². The summed E-state index contributed by atoms with van der Waals surface area (Å²) in [5.41, 5.74) is 0. The molecule has 1 fully saturated rings. The van der Waals surface area contributed by atoms with E-state index in [0.717, 1.165) is 13.1 Å². The highest BCUT2D eigenvalue weighted by atomic mass is 16.5. The van der Waals surface area contributed by atoms with Crippen molar-refractivity contribution in [3.05, 3.63) is 11.7 Å². The first kappa shape index (κ1) is 11.5. The highest BCUT2D eigenvalue weighted by Crippen LogP contribution is 2.15. The molecule has 0 aromatic carbocycles. The molecule has 1 N–H and O–H groups in total. The molecular weight excluding hydrogens is 204 g/mol. The highest BCUT2D eigenvalue weighted by molar-refractivity contribution is 4.86. The van der Waals surface area contributed by atoms with E-state index in [1.807, 2.05) is 6.92 Å². The van der Waals surface area contributed by atoms with Gasteiger partial charge >= 0.3 is 0 Å². The summed E-state index contributed by atoms with van der Waals surface area (Å²) < 4.78 is 5.08. The maximum Gasteiger partial charge on any atom is 0.240 e. The van der Waals surface area contributed by atoms with Crippen molar-refractivity contribution in [3.63, 3.8) is 0 Å². The van der Waals surface area contributed by atoms with Crippen molar-refractivity contribution in [2.45, 2.75) is 32.9 Å². The smallest absolute Gasteiger partial charge is 0.240 e. The molecule has 1 aromatic heterocycles. The monoisotopic (exact) mass is 224 g/mol. The van der Waals surface area contributed by atoms with Crippen LogP contribution in [-0.4, -0.2) is 41.2 Å². The molecule has 1 saturated heterocycles. The SMILES string of the molecule is Cc1noc(CNC2CCN(C)CC2C)n1. The van der Waals surface area contributed by atoms with Gasteiger partial charge in [0.05, 0.1) is 6.54 Å². The number of hydrogen-bond donors (Lipinski definition) is 1. The molecule has 1 aromatic rings. The summed E-state index contributed by atoms with van der Waals surface area (Å²) in [5, 5.41) is 7.28. The topological polar surface area (TPSA) is 54.2 Å². The zero-order chi connectivity index (χ0) is 11.5. The van der Waals surface area contributed by atoms with Crippen LogP contribution >= 0.6 is 0 Å². The van der Waals surface area contributed by atoms with Crippen LogP contribution in [0, 0.1) is 12.8 Å². The lowest BCUT2D eigenvalue weighted by Gasteiger charge is -2.35. The van der Waals surface area contributed by atoms with E-state index >= 15 is 0 Å². The van der Waals surface area contributed by atoms with Crippen LogP contribution in [0.3, 0.4) is 0 Å². The van der Waals surface area contributed by atoms with Crippen molar-refractivity contribution in [2.24, 2.45) is 5.92 Å². The first-order valence-electron chi connectivity index (χ1n) is 5.86. The fraction of sp³-hybridized carbons (Fsp3) is 0.818. The number of likely N-dealkylation sites (tertiary alicyclic amines) is 1. The maximum absolute atomic E-state index is 5.08. The van der Waals surface area contributed by atoms with Crippen molar-refractivity contribution in [2.75, 3.05) is 20.1 Å². The van der Waals surface area contributed by atoms with Gasteiger partial charge in [-0.2, -0.15) is 4.98 Å². The summed E-state index contributed by atoms with van der Waals surface area (Å²) in [6.45, 7) is 7.11. The van der Waals surface area contributed by atoms with Crippen LogP contribution in [0.2, 0.25) is 0 Å². The van der Waals surface area contributed by atoms with Gasteiger partial charge in [0, 0.05) is 12.6 Å². The van der Waals surface area contributed by atoms with E-state index < -0.39 is 0 Å². The second kappa shape index (κ2) is 4.93. The normalized spacial score (nSPS) is 27.2. The van der Waals surface area contributed by atoms with E-state index in [1.54, 1.807) is 0 Å². The maximum atomic E-state index is 5.08. The number of nitrogens with one attached hydrogen (secondary N) is 1. The largest absolute Gasteiger partial charge is 0.338 e. The first-order valence-corrected chi connectivity index (χ1v) is 5.86.